The molecule has 0 fully saturated rings. The molecular formula is C14H16ClNO3. The van der Waals surface area contributed by atoms with Gasteiger partial charge < -0.3 is 14.8 Å². The molecule has 4 nitrogen and oxygen atoms in total. The van der Waals surface area contributed by atoms with Crippen molar-refractivity contribution in [2.75, 3.05) is 6.61 Å². The maximum atomic E-state index is 12.0. The van der Waals surface area contributed by atoms with Crippen LogP contribution in [0.5, 0.6) is 0 Å². The van der Waals surface area contributed by atoms with E-state index in [1.165, 1.54) is 0 Å². The molecule has 0 aliphatic heterocycles. The van der Waals surface area contributed by atoms with Gasteiger partial charge in [-0.25, -0.2) is 0 Å². The lowest BCUT2D eigenvalue weighted by molar-refractivity contribution is 0.0910. The van der Waals surface area contributed by atoms with E-state index in [0.29, 0.717) is 17.0 Å². The topological polar surface area (TPSA) is 62.5 Å². The number of halogens is 1. The van der Waals surface area contributed by atoms with E-state index in [-0.39, 0.29) is 24.3 Å². The lowest BCUT2D eigenvalue weighted by Gasteiger charge is -2.11. The molecule has 5 heteroatoms. The maximum absolute atomic E-state index is 12.0. The number of aliphatic hydroxyl groups excluding tert-OH is 1. The van der Waals surface area contributed by atoms with Gasteiger partial charge in [0, 0.05) is 23.1 Å². The molecule has 2 aromatic rings. The van der Waals surface area contributed by atoms with Gasteiger partial charge in [0.1, 0.15) is 5.58 Å². The van der Waals surface area contributed by atoms with E-state index in [4.69, 9.17) is 21.1 Å². The SMILES string of the molecule is CC(CCCO)NC(=O)c1cc2cc(Cl)ccc2o1. The average Bonchev–Trinajstić information content (AvgIpc) is 2.79. The number of hydrogen-bond donors (Lipinski definition) is 2. The van der Waals surface area contributed by atoms with Gasteiger partial charge in [0.15, 0.2) is 5.76 Å². The van der Waals surface area contributed by atoms with Crippen molar-refractivity contribution in [3.8, 4) is 0 Å². The molecule has 0 aliphatic rings. The summed E-state index contributed by atoms with van der Waals surface area (Å²) in [5, 5.41) is 13.0. The summed E-state index contributed by atoms with van der Waals surface area (Å²) in [6.45, 7) is 2.02. The van der Waals surface area contributed by atoms with Crippen LogP contribution in [0, 0.1) is 0 Å². The van der Waals surface area contributed by atoms with Crippen molar-refractivity contribution in [1.29, 1.82) is 0 Å². The second kappa shape index (κ2) is 6.08. The number of amides is 1. The van der Waals surface area contributed by atoms with Gasteiger partial charge in [-0.2, -0.15) is 0 Å². The summed E-state index contributed by atoms with van der Waals surface area (Å²) in [5.41, 5.74) is 0.637. The van der Waals surface area contributed by atoms with Crippen LogP contribution in [-0.2, 0) is 0 Å². The van der Waals surface area contributed by atoms with Gasteiger partial charge in [0.05, 0.1) is 0 Å². The first-order valence-electron chi connectivity index (χ1n) is 6.21. The molecule has 19 heavy (non-hydrogen) atoms. The number of fused-ring (bicyclic) bond motifs is 1. The Balaban J connectivity index is 2.08. The highest BCUT2D eigenvalue weighted by atomic mass is 35.5. The predicted octanol–water partition coefficient (Wildman–Crippen LogP) is 2.98. The number of rotatable bonds is 5. The van der Waals surface area contributed by atoms with Crippen LogP contribution >= 0.6 is 11.6 Å². The molecule has 2 rings (SSSR count). The van der Waals surface area contributed by atoms with Gasteiger partial charge in [0.25, 0.3) is 5.91 Å². The molecule has 1 unspecified atom stereocenters. The summed E-state index contributed by atoms with van der Waals surface area (Å²) < 4.78 is 5.47. The van der Waals surface area contributed by atoms with Crippen molar-refractivity contribution < 1.29 is 14.3 Å². The van der Waals surface area contributed by atoms with Crippen molar-refractivity contribution >= 4 is 28.5 Å². The number of nitrogens with one attached hydrogen (secondary N) is 1. The Morgan fingerprint density at radius 2 is 2.26 bits per heavy atom. The Hall–Kier alpha value is -1.52. The monoisotopic (exact) mass is 281 g/mol. The lowest BCUT2D eigenvalue weighted by atomic mass is 10.2. The second-order valence-corrected chi connectivity index (χ2v) is 4.97. The van der Waals surface area contributed by atoms with Crippen LogP contribution in [0.25, 0.3) is 11.0 Å². The largest absolute Gasteiger partial charge is 0.451 e. The van der Waals surface area contributed by atoms with Crippen molar-refractivity contribution in [1.82, 2.24) is 5.32 Å². The summed E-state index contributed by atoms with van der Waals surface area (Å²) in [6, 6.07) is 6.89. The van der Waals surface area contributed by atoms with E-state index in [1.807, 2.05) is 6.92 Å². The first-order valence-corrected chi connectivity index (χ1v) is 6.59. The maximum Gasteiger partial charge on any atom is 0.287 e. The predicted molar refractivity (Wildman–Crippen MR) is 74.5 cm³/mol. The molecule has 0 bridgehead atoms. The van der Waals surface area contributed by atoms with E-state index < -0.39 is 0 Å². The van der Waals surface area contributed by atoms with Crippen LogP contribution in [0.4, 0.5) is 0 Å². The normalized spacial score (nSPS) is 12.6. The highest BCUT2D eigenvalue weighted by Crippen LogP contribution is 2.23. The molecule has 1 heterocycles. The van der Waals surface area contributed by atoms with Crippen molar-refractivity contribution in [3.05, 3.63) is 35.0 Å². The Bertz CT molecular complexity index is 579. The van der Waals surface area contributed by atoms with Crippen LogP contribution in [0.2, 0.25) is 5.02 Å². The quantitative estimate of drug-likeness (QED) is 0.886. The Morgan fingerprint density at radius 1 is 1.47 bits per heavy atom. The highest BCUT2D eigenvalue weighted by Gasteiger charge is 2.14. The van der Waals surface area contributed by atoms with Crippen LogP contribution < -0.4 is 5.32 Å². The average molecular weight is 282 g/mol. The zero-order valence-corrected chi connectivity index (χ0v) is 11.4. The number of hydrogen-bond acceptors (Lipinski definition) is 3. The summed E-state index contributed by atoms with van der Waals surface area (Å²) >= 11 is 5.88. The fourth-order valence-electron chi connectivity index (χ4n) is 1.89. The summed E-state index contributed by atoms with van der Waals surface area (Å²) in [7, 11) is 0. The van der Waals surface area contributed by atoms with Gasteiger partial charge in [-0.3, -0.25) is 4.79 Å². The van der Waals surface area contributed by atoms with E-state index in [2.05, 4.69) is 5.32 Å². The molecule has 0 radical (unpaired) electrons. The van der Waals surface area contributed by atoms with Gasteiger partial charge in [0.2, 0.25) is 0 Å². The van der Waals surface area contributed by atoms with Crippen LogP contribution in [-0.4, -0.2) is 23.7 Å². The van der Waals surface area contributed by atoms with Crippen molar-refractivity contribution in [3.63, 3.8) is 0 Å². The van der Waals surface area contributed by atoms with Gasteiger partial charge >= 0.3 is 0 Å². The van der Waals surface area contributed by atoms with E-state index in [9.17, 15) is 4.79 Å². The summed E-state index contributed by atoms with van der Waals surface area (Å²) in [4.78, 5) is 12.0. The molecule has 1 amide bonds. The third-order valence-electron chi connectivity index (χ3n) is 2.87. The highest BCUT2D eigenvalue weighted by molar-refractivity contribution is 6.31. The van der Waals surface area contributed by atoms with Crippen LogP contribution in [0.15, 0.2) is 28.7 Å². The number of furan rings is 1. The number of benzene rings is 1. The molecule has 1 aromatic carbocycles. The number of aliphatic hydroxyl groups is 1. The molecule has 0 aliphatic carbocycles. The number of carbonyl (C=O) groups is 1. The fraction of sp³-hybridized carbons (Fsp3) is 0.357. The van der Waals surface area contributed by atoms with Crippen LogP contribution in [0.3, 0.4) is 0 Å². The van der Waals surface area contributed by atoms with Crippen LogP contribution in [0.1, 0.15) is 30.3 Å². The molecule has 1 atom stereocenters. The molecule has 0 saturated heterocycles. The van der Waals surface area contributed by atoms with Gasteiger partial charge in [-0.15, -0.1) is 0 Å². The molecule has 1 aromatic heterocycles. The Labute approximate surface area is 116 Å². The Kier molecular flexibility index (Phi) is 4.45. The van der Waals surface area contributed by atoms with Crippen molar-refractivity contribution in [2.45, 2.75) is 25.8 Å². The zero-order valence-electron chi connectivity index (χ0n) is 10.6. The number of carbonyl (C=O) groups excluding carboxylic acids is 1. The standard InChI is InChI=1S/C14H16ClNO3/c1-9(3-2-6-17)16-14(18)13-8-10-7-11(15)4-5-12(10)19-13/h4-5,7-9,17H,2-3,6H2,1H3,(H,16,18). The van der Waals surface area contributed by atoms with E-state index in [1.54, 1.807) is 24.3 Å². The lowest BCUT2D eigenvalue weighted by Crippen LogP contribution is -2.32. The van der Waals surface area contributed by atoms with E-state index in [0.717, 1.165) is 11.8 Å². The molecular weight excluding hydrogens is 266 g/mol. The Morgan fingerprint density at radius 3 is 3.00 bits per heavy atom. The first kappa shape index (κ1) is 13.9. The summed E-state index contributed by atoms with van der Waals surface area (Å²) in [5.74, 6) is 0.0193. The molecule has 102 valence electrons. The fourth-order valence-corrected chi connectivity index (χ4v) is 2.07. The van der Waals surface area contributed by atoms with Gasteiger partial charge in [-0.05, 0) is 44.0 Å². The minimum absolute atomic E-state index is 0.00329. The molecule has 0 saturated carbocycles. The van der Waals surface area contributed by atoms with Gasteiger partial charge in [-0.1, -0.05) is 11.6 Å². The zero-order chi connectivity index (χ0) is 13.8. The minimum atomic E-state index is -0.252. The third kappa shape index (κ3) is 3.49. The molecule has 0 spiro atoms. The molecule has 2 N–H and O–H groups in total. The second-order valence-electron chi connectivity index (χ2n) is 4.53. The van der Waals surface area contributed by atoms with E-state index >= 15 is 0 Å². The smallest absolute Gasteiger partial charge is 0.287 e. The third-order valence-corrected chi connectivity index (χ3v) is 3.11. The minimum Gasteiger partial charge on any atom is -0.451 e. The van der Waals surface area contributed by atoms with Crippen molar-refractivity contribution in [2.24, 2.45) is 0 Å². The summed E-state index contributed by atoms with van der Waals surface area (Å²) in [6.07, 6.45) is 1.39. The first-order chi connectivity index (χ1) is 9.10.